The van der Waals surface area contributed by atoms with Gasteiger partial charge in [0.05, 0.1) is 4.90 Å². The molecule has 0 radical (unpaired) electrons. The van der Waals surface area contributed by atoms with Crippen LogP contribution in [0.2, 0.25) is 0 Å². The van der Waals surface area contributed by atoms with E-state index in [0.717, 1.165) is 33.4 Å². The third-order valence-corrected chi connectivity index (χ3v) is 6.05. The number of urea groups is 1. The van der Waals surface area contributed by atoms with Gasteiger partial charge in [0.2, 0.25) is 0 Å². The Hall–Kier alpha value is -2.93. The summed E-state index contributed by atoms with van der Waals surface area (Å²) in [7, 11) is -3.26. The molecule has 0 atom stereocenters. The topological polar surface area (TPSA) is 75.3 Å². The summed E-state index contributed by atoms with van der Waals surface area (Å²) in [5.41, 5.74) is 5.16. The zero-order chi connectivity index (χ0) is 22.1. The van der Waals surface area contributed by atoms with Crippen LogP contribution < -0.4 is 10.6 Å². The van der Waals surface area contributed by atoms with Crippen molar-refractivity contribution < 1.29 is 17.6 Å². The van der Waals surface area contributed by atoms with Gasteiger partial charge in [-0.1, -0.05) is 18.2 Å². The van der Waals surface area contributed by atoms with Gasteiger partial charge in [0, 0.05) is 18.8 Å². The van der Waals surface area contributed by atoms with Crippen LogP contribution in [0.4, 0.5) is 9.18 Å². The first-order valence-electron chi connectivity index (χ1n) is 9.63. The molecular weight excluding hydrogens is 403 g/mol. The van der Waals surface area contributed by atoms with Crippen molar-refractivity contribution in [3.8, 4) is 0 Å². The summed E-state index contributed by atoms with van der Waals surface area (Å²) in [6, 6.07) is 11.0. The highest BCUT2D eigenvalue weighted by Gasteiger charge is 2.24. The zero-order valence-corrected chi connectivity index (χ0v) is 18.2. The first-order chi connectivity index (χ1) is 14.1. The van der Waals surface area contributed by atoms with Gasteiger partial charge < -0.3 is 10.6 Å². The third kappa shape index (κ3) is 4.79. The lowest BCUT2D eigenvalue weighted by atomic mass is 10.0. The van der Waals surface area contributed by atoms with Crippen molar-refractivity contribution in [3.63, 3.8) is 0 Å². The SMILES string of the molecule is CC1=C(CNC(=O)NC(C)C)c2cc(F)ccc2/C1=C/c1ccc(S(C)(=O)=O)cc1. The molecule has 1 aliphatic carbocycles. The van der Waals surface area contributed by atoms with Crippen molar-refractivity contribution in [1.29, 1.82) is 0 Å². The maximum atomic E-state index is 13.9. The zero-order valence-electron chi connectivity index (χ0n) is 17.4. The lowest BCUT2D eigenvalue weighted by Gasteiger charge is -2.12. The fraction of sp³-hybridized carbons (Fsp3) is 0.261. The molecule has 0 saturated heterocycles. The number of benzene rings is 2. The Morgan fingerprint density at radius 1 is 1.10 bits per heavy atom. The highest BCUT2D eigenvalue weighted by molar-refractivity contribution is 7.90. The third-order valence-electron chi connectivity index (χ3n) is 4.92. The van der Waals surface area contributed by atoms with Crippen LogP contribution in [0.15, 0.2) is 52.9 Å². The van der Waals surface area contributed by atoms with Crippen LogP contribution in [0.3, 0.4) is 0 Å². The van der Waals surface area contributed by atoms with Crippen LogP contribution in [0, 0.1) is 5.82 Å². The summed E-state index contributed by atoms with van der Waals surface area (Å²) in [6.07, 6.45) is 3.11. The lowest BCUT2D eigenvalue weighted by molar-refractivity contribution is 0.239. The van der Waals surface area contributed by atoms with Crippen molar-refractivity contribution in [2.24, 2.45) is 0 Å². The molecule has 0 heterocycles. The number of nitrogens with one attached hydrogen (secondary N) is 2. The molecule has 0 fully saturated rings. The van der Waals surface area contributed by atoms with E-state index in [0.29, 0.717) is 0 Å². The van der Waals surface area contributed by atoms with Gasteiger partial charge in [0.15, 0.2) is 9.84 Å². The number of amides is 2. The molecule has 158 valence electrons. The van der Waals surface area contributed by atoms with E-state index in [1.807, 2.05) is 26.8 Å². The van der Waals surface area contributed by atoms with E-state index in [-0.39, 0.29) is 29.3 Å². The molecule has 3 rings (SSSR count). The number of hydrogen-bond acceptors (Lipinski definition) is 3. The summed E-state index contributed by atoms with van der Waals surface area (Å²) in [4.78, 5) is 12.3. The molecule has 0 aliphatic heterocycles. The molecule has 1 aliphatic rings. The van der Waals surface area contributed by atoms with Crippen LogP contribution >= 0.6 is 0 Å². The van der Waals surface area contributed by atoms with Gasteiger partial charge in [0.25, 0.3) is 0 Å². The highest BCUT2D eigenvalue weighted by atomic mass is 32.2. The molecule has 0 saturated carbocycles. The number of halogens is 1. The fourth-order valence-electron chi connectivity index (χ4n) is 3.44. The molecule has 2 aromatic rings. The molecule has 2 amide bonds. The number of carbonyl (C=O) groups excluding carboxylic acids is 1. The predicted octanol–water partition coefficient (Wildman–Crippen LogP) is 4.26. The van der Waals surface area contributed by atoms with Crippen molar-refractivity contribution in [2.45, 2.75) is 31.7 Å². The van der Waals surface area contributed by atoms with Gasteiger partial charge >= 0.3 is 6.03 Å². The number of fused-ring (bicyclic) bond motifs is 1. The molecule has 0 bridgehead atoms. The van der Waals surface area contributed by atoms with Gasteiger partial charge in [-0.05, 0) is 84.5 Å². The predicted molar refractivity (Wildman–Crippen MR) is 118 cm³/mol. The summed E-state index contributed by atoms with van der Waals surface area (Å²) < 4.78 is 37.3. The van der Waals surface area contributed by atoms with Gasteiger partial charge in [-0.2, -0.15) is 0 Å². The first kappa shape index (κ1) is 21.8. The van der Waals surface area contributed by atoms with Crippen LogP contribution in [0.5, 0.6) is 0 Å². The van der Waals surface area contributed by atoms with Gasteiger partial charge in [-0.25, -0.2) is 17.6 Å². The van der Waals surface area contributed by atoms with Gasteiger partial charge in [-0.3, -0.25) is 0 Å². The number of allylic oxidation sites excluding steroid dienone is 2. The quantitative estimate of drug-likeness (QED) is 0.747. The summed E-state index contributed by atoms with van der Waals surface area (Å²) in [5.74, 6) is -0.343. The lowest BCUT2D eigenvalue weighted by Crippen LogP contribution is -2.40. The Bertz CT molecular complexity index is 1150. The van der Waals surface area contributed by atoms with Crippen LogP contribution in [-0.4, -0.2) is 33.3 Å². The van der Waals surface area contributed by atoms with Crippen LogP contribution in [0.25, 0.3) is 17.2 Å². The number of sulfone groups is 1. The summed E-state index contributed by atoms with van der Waals surface area (Å²) >= 11 is 0. The second-order valence-corrected chi connectivity index (χ2v) is 9.69. The maximum absolute atomic E-state index is 13.9. The molecule has 0 spiro atoms. The molecule has 0 aromatic heterocycles. The summed E-state index contributed by atoms with van der Waals surface area (Å²) in [6.45, 7) is 5.96. The van der Waals surface area contributed by atoms with Crippen LogP contribution in [-0.2, 0) is 9.84 Å². The molecular formula is C23H25FN2O3S. The highest BCUT2D eigenvalue weighted by Crippen LogP contribution is 2.42. The second-order valence-electron chi connectivity index (χ2n) is 7.67. The average molecular weight is 429 g/mol. The van der Waals surface area contributed by atoms with E-state index in [4.69, 9.17) is 0 Å². The Morgan fingerprint density at radius 3 is 2.37 bits per heavy atom. The molecule has 2 aromatic carbocycles. The minimum atomic E-state index is -3.26. The van der Waals surface area contributed by atoms with Crippen molar-refractivity contribution in [3.05, 3.63) is 70.5 Å². The van der Waals surface area contributed by atoms with Crippen molar-refractivity contribution in [2.75, 3.05) is 12.8 Å². The fourth-order valence-corrected chi connectivity index (χ4v) is 4.07. The first-order valence-corrected chi connectivity index (χ1v) is 11.5. The van der Waals surface area contributed by atoms with E-state index >= 15 is 0 Å². The second kappa shape index (κ2) is 8.44. The van der Waals surface area contributed by atoms with Crippen molar-refractivity contribution >= 4 is 33.1 Å². The Kier molecular flexibility index (Phi) is 6.12. The Labute approximate surface area is 176 Å². The minimum absolute atomic E-state index is 0.0127. The number of carbonyl (C=O) groups is 1. The van der Waals surface area contributed by atoms with E-state index < -0.39 is 9.84 Å². The average Bonchev–Trinajstić information content (AvgIpc) is 2.90. The maximum Gasteiger partial charge on any atom is 0.315 e. The summed E-state index contributed by atoms with van der Waals surface area (Å²) in [5, 5.41) is 5.61. The molecule has 5 nitrogen and oxygen atoms in total. The molecule has 30 heavy (non-hydrogen) atoms. The van der Waals surface area contributed by atoms with E-state index in [9.17, 15) is 17.6 Å². The molecule has 7 heteroatoms. The molecule has 0 unspecified atom stereocenters. The monoisotopic (exact) mass is 428 g/mol. The largest absolute Gasteiger partial charge is 0.336 e. The normalized spacial score (nSPS) is 14.9. The molecule has 2 N–H and O–H groups in total. The van der Waals surface area contributed by atoms with E-state index in [2.05, 4.69) is 10.6 Å². The van der Waals surface area contributed by atoms with E-state index in [1.54, 1.807) is 30.3 Å². The van der Waals surface area contributed by atoms with E-state index in [1.165, 1.54) is 18.4 Å². The Balaban J connectivity index is 1.97. The van der Waals surface area contributed by atoms with Gasteiger partial charge in [-0.15, -0.1) is 0 Å². The van der Waals surface area contributed by atoms with Gasteiger partial charge in [0.1, 0.15) is 5.82 Å². The number of rotatable bonds is 5. The van der Waals surface area contributed by atoms with Crippen molar-refractivity contribution in [1.82, 2.24) is 10.6 Å². The van der Waals surface area contributed by atoms with Crippen LogP contribution in [0.1, 0.15) is 37.5 Å². The smallest absolute Gasteiger partial charge is 0.315 e. The number of hydrogen-bond donors (Lipinski definition) is 2. The Morgan fingerprint density at radius 2 is 1.77 bits per heavy atom. The standard InChI is InChI=1S/C23H25FN2O3S/c1-14(2)26-23(27)25-13-22-15(3)20(19-10-7-17(24)12-21(19)22)11-16-5-8-18(9-6-16)30(4,28)29/h5-12,14H,13H2,1-4H3,(H2,25,26,27)/b20-11+. The minimum Gasteiger partial charge on any atom is -0.336 e.